The Morgan fingerprint density at radius 2 is 2.20 bits per heavy atom. The van der Waals surface area contributed by atoms with Gasteiger partial charge in [0.15, 0.2) is 0 Å². The quantitative estimate of drug-likeness (QED) is 0.703. The zero-order valence-electron chi connectivity index (χ0n) is 9.78. The Morgan fingerprint density at radius 3 is 2.87 bits per heavy atom. The second kappa shape index (κ2) is 6.81. The molecule has 86 valence electrons. The first kappa shape index (κ1) is 12.5. The normalized spacial score (nSPS) is 27.5. The molecule has 0 bridgehead atoms. The number of rotatable bonds is 5. The highest BCUT2D eigenvalue weighted by Gasteiger charge is 2.25. The van der Waals surface area contributed by atoms with Gasteiger partial charge in [-0.1, -0.05) is 6.42 Å². The molecule has 0 aromatic rings. The van der Waals surface area contributed by atoms with Crippen LogP contribution < -0.4 is 5.73 Å². The van der Waals surface area contributed by atoms with Gasteiger partial charge in [0.05, 0.1) is 6.07 Å². The van der Waals surface area contributed by atoms with Crippen LogP contribution >= 0.6 is 0 Å². The fourth-order valence-corrected chi connectivity index (χ4v) is 2.50. The van der Waals surface area contributed by atoms with Gasteiger partial charge in [-0.3, -0.25) is 4.90 Å². The lowest BCUT2D eigenvalue weighted by Crippen LogP contribution is -2.49. The summed E-state index contributed by atoms with van der Waals surface area (Å²) in [7, 11) is 0. The largest absolute Gasteiger partial charge is 0.329 e. The maximum atomic E-state index is 8.47. The highest BCUT2D eigenvalue weighted by molar-refractivity contribution is 4.83. The average Bonchev–Trinajstić information content (AvgIpc) is 2.26. The van der Waals surface area contributed by atoms with Crippen molar-refractivity contribution in [3.8, 4) is 6.07 Å². The Hall–Kier alpha value is -0.590. The summed E-state index contributed by atoms with van der Waals surface area (Å²) in [5.41, 5.74) is 5.79. The molecule has 2 unspecified atom stereocenters. The molecule has 1 saturated heterocycles. The Kier molecular flexibility index (Phi) is 5.67. The Morgan fingerprint density at radius 1 is 1.40 bits per heavy atom. The summed E-state index contributed by atoms with van der Waals surface area (Å²) >= 11 is 0. The van der Waals surface area contributed by atoms with E-state index in [2.05, 4.69) is 17.9 Å². The molecule has 0 radical (unpaired) electrons. The predicted molar refractivity (Wildman–Crippen MR) is 62.3 cm³/mol. The molecule has 0 spiro atoms. The van der Waals surface area contributed by atoms with E-state index >= 15 is 0 Å². The number of hydrogen-bond donors (Lipinski definition) is 1. The first-order chi connectivity index (χ1) is 7.29. The number of nitriles is 1. The van der Waals surface area contributed by atoms with E-state index < -0.39 is 0 Å². The van der Waals surface area contributed by atoms with Crippen molar-refractivity contribution >= 4 is 0 Å². The second-order valence-electron chi connectivity index (χ2n) is 4.52. The van der Waals surface area contributed by atoms with E-state index in [9.17, 15) is 0 Å². The predicted octanol–water partition coefficient (Wildman–Crippen LogP) is 1.88. The third-order valence-electron chi connectivity index (χ3n) is 3.42. The minimum atomic E-state index is 0.579. The maximum Gasteiger partial charge on any atom is 0.0621 e. The third-order valence-corrected chi connectivity index (χ3v) is 3.42. The molecule has 3 heteroatoms. The van der Waals surface area contributed by atoms with Gasteiger partial charge in [0.1, 0.15) is 0 Å². The van der Waals surface area contributed by atoms with E-state index in [0.717, 1.165) is 25.9 Å². The summed E-state index contributed by atoms with van der Waals surface area (Å²) in [6.07, 6.45) is 6.71. The first-order valence-electron chi connectivity index (χ1n) is 6.12. The standard InChI is InChI=1S/C12H23N3/c1-11-6-5-7-12(10-14)15(11)9-4-2-3-8-13/h11-12H,2-7,9-10,14H2,1H3. The molecule has 1 fully saturated rings. The van der Waals surface area contributed by atoms with Crippen LogP contribution in [-0.2, 0) is 0 Å². The van der Waals surface area contributed by atoms with Gasteiger partial charge >= 0.3 is 0 Å². The van der Waals surface area contributed by atoms with Crippen LogP contribution in [0.5, 0.6) is 0 Å². The smallest absolute Gasteiger partial charge is 0.0621 e. The molecule has 1 aliphatic rings. The van der Waals surface area contributed by atoms with Crippen molar-refractivity contribution in [3.63, 3.8) is 0 Å². The summed E-state index contributed by atoms with van der Waals surface area (Å²) in [6.45, 7) is 4.19. The zero-order chi connectivity index (χ0) is 11.1. The van der Waals surface area contributed by atoms with E-state index in [1.807, 2.05) is 0 Å². The van der Waals surface area contributed by atoms with Gasteiger partial charge in [-0.05, 0) is 39.2 Å². The minimum Gasteiger partial charge on any atom is -0.329 e. The summed E-state index contributed by atoms with van der Waals surface area (Å²) in [4.78, 5) is 2.54. The molecule has 15 heavy (non-hydrogen) atoms. The van der Waals surface area contributed by atoms with E-state index in [4.69, 9.17) is 11.0 Å². The van der Waals surface area contributed by atoms with Gasteiger partial charge in [-0.15, -0.1) is 0 Å². The Labute approximate surface area is 93.2 Å². The fraction of sp³-hybridized carbons (Fsp3) is 0.917. The molecule has 3 nitrogen and oxygen atoms in total. The minimum absolute atomic E-state index is 0.579. The van der Waals surface area contributed by atoms with Gasteiger partial charge < -0.3 is 5.73 Å². The monoisotopic (exact) mass is 209 g/mol. The van der Waals surface area contributed by atoms with Crippen LogP contribution in [0, 0.1) is 11.3 Å². The van der Waals surface area contributed by atoms with E-state index in [0.29, 0.717) is 18.5 Å². The molecular formula is C12H23N3. The molecule has 0 aliphatic carbocycles. The molecule has 0 aromatic carbocycles. The number of nitrogens with zero attached hydrogens (tertiary/aromatic N) is 2. The number of piperidine rings is 1. The molecule has 0 saturated carbocycles. The molecule has 1 heterocycles. The van der Waals surface area contributed by atoms with Crippen LogP contribution in [0.25, 0.3) is 0 Å². The summed E-state index contributed by atoms with van der Waals surface area (Å²) in [5.74, 6) is 0. The fourth-order valence-electron chi connectivity index (χ4n) is 2.50. The Balaban J connectivity index is 2.31. The zero-order valence-corrected chi connectivity index (χ0v) is 9.78. The molecule has 0 aromatic heterocycles. The van der Waals surface area contributed by atoms with Crippen molar-refractivity contribution in [3.05, 3.63) is 0 Å². The average molecular weight is 209 g/mol. The van der Waals surface area contributed by atoms with E-state index in [1.165, 1.54) is 19.3 Å². The Bertz CT molecular complexity index is 209. The van der Waals surface area contributed by atoms with Crippen LogP contribution in [0.1, 0.15) is 45.4 Å². The number of unbranched alkanes of at least 4 members (excludes halogenated alkanes) is 2. The number of nitrogens with two attached hydrogens (primary N) is 1. The summed E-state index contributed by atoms with van der Waals surface area (Å²) in [6, 6.07) is 3.45. The van der Waals surface area contributed by atoms with Crippen LogP contribution in [0.4, 0.5) is 0 Å². The third kappa shape index (κ3) is 3.81. The highest BCUT2D eigenvalue weighted by atomic mass is 15.2. The van der Waals surface area contributed by atoms with Crippen molar-refractivity contribution < 1.29 is 0 Å². The van der Waals surface area contributed by atoms with Gasteiger partial charge in [0, 0.05) is 25.0 Å². The lowest BCUT2D eigenvalue weighted by atomic mass is 9.96. The van der Waals surface area contributed by atoms with Crippen LogP contribution in [0.2, 0.25) is 0 Å². The lowest BCUT2D eigenvalue weighted by Gasteiger charge is -2.40. The number of likely N-dealkylation sites (tertiary alicyclic amines) is 1. The van der Waals surface area contributed by atoms with E-state index in [1.54, 1.807) is 0 Å². The maximum absolute atomic E-state index is 8.47. The summed E-state index contributed by atoms with van der Waals surface area (Å²) in [5, 5.41) is 8.47. The second-order valence-corrected chi connectivity index (χ2v) is 4.52. The molecule has 2 N–H and O–H groups in total. The molecule has 2 atom stereocenters. The van der Waals surface area contributed by atoms with Gasteiger partial charge in [0.25, 0.3) is 0 Å². The first-order valence-corrected chi connectivity index (χ1v) is 6.12. The lowest BCUT2D eigenvalue weighted by molar-refractivity contribution is 0.0955. The van der Waals surface area contributed by atoms with E-state index in [-0.39, 0.29) is 0 Å². The molecule has 1 aliphatic heterocycles. The van der Waals surface area contributed by atoms with Gasteiger partial charge in [0.2, 0.25) is 0 Å². The SMILES string of the molecule is CC1CCCC(CN)N1CCCCC#N. The molecular weight excluding hydrogens is 186 g/mol. The molecule has 1 rings (SSSR count). The topological polar surface area (TPSA) is 53.0 Å². The highest BCUT2D eigenvalue weighted by Crippen LogP contribution is 2.22. The van der Waals surface area contributed by atoms with Crippen LogP contribution in [0.3, 0.4) is 0 Å². The van der Waals surface area contributed by atoms with Gasteiger partial charge in [-0.25, -0.2) is 0 Å². The van der Waals surface area contributed by atoms with Crippen LogP contribution in [-0.4, -0.2) is 30.1 Å². The van der Waals surface area contributed by atoms with Crippen molar-refractivity contribution in [2.75, 3.05) is 13.1 Å². The van der Waals surface area contributed by atoms with Crippen molar-refractivity contribution in [2.24, 2.45) is 5.73 Å². The van der Waals surface area contributed by atoms with Crippen LogP contribution in [0.15, 0.2) is 0 Å². The number of hydrogen-bond acceptors (Lipinski definition) is 3. The van der Waals surface area contributed by atoms with Crippen molar-refractivity contribution in [1.82, 2.24) is 4.90 Å². The summed E-state index contributed by atoms with van der Waals surface area (Å²) < 4.78 is 0. The van der Waals surface area contributed by atoms with Crippen molar-refractivity contribution in [2.45, 2.75) is 57.5 Å². The van der Waals surface area contributed by atoms with Gasteiger partial charge in [-0.2, -0.15) is 5.26 Å². The van der Waals surface area contributed by atoms with Crippen molar-refractivity contribution in [1.29, 1.82) is 5.26 Å². The molecule has 0 amide bonds.